The summed E-state index contributed by atoms with van der Waals surface area (Å²) in [7, 11) is 1.66. The molecular weight excluding hydrogens is 158 g/mol. The summed E-state index contributed by atoms with van der Waals surface area (Å²) in [4.78, 5) is 5.21. The molecule has 1 aromatic heterocycles. The molecule has 0 saturated carbocycles. The van der Waals surface area contributed by atoms with Gasteiger partial charge in [0, 0.05) is 16.7 Å². The van der Waals surface area contributed by atoms with Crippen molar-refractivity contribution in [2.24, 2.45) is 0 Å². The standard InChI is InChI=1S/C8H11NOS/c1-6-7(10-2)4-9-5-8(6)11-3/h4-5H,1-3H3. The topological polar surface area (TPSA) is 22.1 Å². The van der Waals surface area contributed by atoms with E-state index in [1.54, 1.807) is 25.1 Å². The Hall–Kier alpha value is -0.700. The van der Waals surface area contributed by atoms with Gasteiger partial charge in [0.25, 0.3) is 0 Å². The van der Waals surface area contributed by atoms with Crippen molar-refractivity contribution in [3.63, 3.8) is 0 Å². The van der Waals surface area contributed by atoms with Crippen LogP contribution in [-0.4, -0.2) is 18.3 Å². The van der Waals surface area contributed by atoms with Crippen LogP contribution < -0.4 is 4.74 Å². The van der Waals surface area contributed by atoms with Gasteiger partial charge in [-0.3, -0.25) is 4.98 Å². The summed E-state index contributed by atoms with van der Waals surface area (Å²) in [6, 6.07) is 0. The maximum absolute atomic E-state index is 5.11. The van der Waals surface area contributed by atoms with E-state index in [4.69, 9.17) is 4.74 Å². The van der Waals surface area contributed by atoms with Gasteiger partial charge >= 0.3 is 0 Å². The molecule has 1 rings (SSSR count). The lowest BCUT2D eigenvalue weighted by atomic mass is 10.3. The second-order valence-electron chi connectivity index (χ2n) is 2.17. The van der Waals surface area contributed by atoms with Gasteiger partial charge in [0.15, 0.2) is 0 Å². The van der Waals surface area contributed by atoms with Crippen molar-refractivity contribution < 1.29 is 4.74 Å². The number of pyridine rings is 1. The minimum atomic E-state index is 0.858. The number of aromatic nitrogens is 1. The molecule has 0 fully saturated rings. The van der Waals surface area contributed by atoms with E-state index in [9.17, 15) is 0 Å². The van der Waals surface area contributed by atoms with Crippen LogP contribution in [0.5, 0.6) is 5.75 Å². The quantitative estimate of drug-likeness (QED) is 0.633. The van der Waals surface area contributed by atoms with Crippen molar-refractivity contribution in [1.82, 2.24) is 4.98 Å². The fourth-order valence-electron chi connectivity index (χ4n) is 0.899. The van der Waals surface area contributed by atoms with Crippen molar-refractivity contribution in [3.05, 3.63) is 18.0 Å². The zero-order valence-electron chi connectivity index (χ0n) is 6.92. The van der Waals surface area contributed by atoms with Gasteiger partial charge in [-0.2, -0.15) is 0 Å². The number of rotatable bonds is 2. The summed E-state index contributed by atoms with van der Waals surface area (Å²) in [6.45, 7) is 2.03. The molecule has 0 bridgehead atoms. The molecule has 0 atom stereocenters. The third-order valence-corrected chi connectivity index (χ3v) is 2.41. The van der Waals surface area contributed by atoms with Crippen LogP contribution in [0.2, 0.25) is 0 Å². The molecule has 2 nitrogen and oxygen atoms in total. The van der Waals surface area contributed by atoms with E-state index in [1.165, 1.54) is 4.90 Å². The summed E-state index contributed by atoms with van der Waals surface area (Å²) in [5.41, 5.74) is 1.16. The Balaban J connectivity index is 3.10. The predicted octanol–water partition coefficient (Wildman–Crippen LogP) is 2.12. The molecule has 1 aromatic rings. The normalized spacial score (nSPS) is 9.73. The number of thioether (sulfide) groups is 1. The Kier molecular flexibility index (Phi) is 2.76. The number of hydrogen-bond acceptors (Lipinski definition) is 3. The molecule has 0 saturated heterocycles. The van der Waals surface area contributed by atoms with Crippen molar-refractivity contribution in [3.8, 4) is 5.75 Å². The zero-order valence-corrected chi connectivity index (χ0v) is 7.73. The van der Waals surface area contributed by atoms with Crippen LogP contribution in [0.25, 0.3) is 0 Å². The second kappa shape index (κ2) is 3.62. The third-order valence-electron chi connectivity index (χ3n) is 1.56. The predicted molar refractivity (Wildman–Crippen MR) is 47.3 cm³/mol. The van der Waals surface area contributed by atoms with Crippen LogP contribution in [0, 0.1) is 6.92 Å². The van der Waals surface area contributed by atoms with E-state index in [0.29, 0.717) is 0 Å². The molecular formula is C8H11NOS. The molecule has 11 heavy (non-hydrogen) atoms. The molecule has 60 valence electrons. The average Bonchev–Trinajstić information content (AvgIpc) is 2.05. The first-order valence-electron chi connectivity index (χ1n) is 3.32. The SMILES string of the molecule is COc1cncc(SC)c1C. The van der Waals surface area contributed by atoms with E-state index < -0.39 is 0 Å². The van der Waals surface area contributed by atoms with Crippen LogP contribution in [0.3, 0.4) is 0 Å². The molecule has 0 aliphatic rings. The molecule has 3 heteroatoms. The maximum Gasteiger partial charge on any atom is 0.141 e. The first-order valence-corrected chi connectivity index (χ1v) is 4.54. The molecule has 0 amide bonds. The summed E-state index contributed by atoms with van der Waals surface area (Å²) in [5, 5.41) is 0. The van der Waals surface area contributed by atoms with Crippen molar-refractivity contribution in [2.75, 3.05) is 13.4 Å². The molecule has 0 aliphatic carbocycles. The van der Waals surface area contributed by atoms with Crippen LogP contribution in [0.1, 0.15) is 5.56 Å². The number of hydrogen-bond donors (Lipinski definition) is 0. The molecule has 1 heterocycles. The Labute approximate surface area is 71.0 Å². The highest BCUT2D eigenvalue weighted by Crippen LogP contribution is 2.25. The summed E-state index contributed by atoms with van der Waals surface area (Å²) < 4.78 is 5.11. The minimum absolute atomic E-state index is 0.858. The summed E-state index contributed by atoms with van der Waals surface area (Å²) >= 11 is 1.68. The van der Waals surface area contributed by atoms with Crippen molar-refractivity contribution in [1.29, 1.82) is 0 Å². The summed E-state index contributed by atoms with van der Waals surface area (Å²) in [6.07, 6.45) is 5.61. The van der Waals surface area contributed by atoms with E-state index in [0.717, 1.165) is 11.3 Å². The highest BCUT2D eigenvalue weighted by molar-refractivity contribution is 7.98. The Morgan fingerprint density at radius 1 is 1.45 bits per heavy atom. The van der Waals surface area contributed by atoms with E-state index >= 15 is 0 Å². The zero-order chi connectivity index (χ0) is 8.27. The van der Waals surface area contributed by atoms with Crippen molar-refractivity contribution in [2.45, 2.75) is 11.8 Å². The van der Waals surface area contributed by atoms with Crippen LogP contribution >= 0.6 is 11.8 Å². The smallest absolute Gasteiger partial charge is 0.141 e. The fraction of sp³-hybridized carbons (Fsp3) is 0.375. The monoisotopic (exact) mass is 169 g/mol. The van der Waals surface area contributed by atoms with Gasteiger partial charge in [0.2, 0.25) is 0 Å². The first-order chi connectivity index (χ1) is 5.29. The molecule has 0 spiro atoms. The Morgan fingerprint density at radius 2 is 2.18 bits per heavy atom. The van der Waals surface area contributed by atoms with Gasteiger partial charge < -0.3 is 4.74 Å². The van der Waals surface area contributed by atoms with E-state index in [1.807, 2.05) is 19.4 Å². The molecule has 0 aromatic carbocycles. The van der Waals surface area contributed by atoms with E-state index in [-0.39, 0.29) is 0 Å². The van der Waals surface area contributed by atoms with Gasteiger partial charge in [-0.1, -0.05) is 0 Å². The summed E-state index contributed by atoms with van der Waals surface area (Å²) in [5.74, 6) is 0.858. The number of methoxy groups -OCH3 is 1. The maximum atomic E-state index is 5.11. The molecule has 0 N–H and O–H groups in total. The van der Waals surface area contributed by atoms with Crippen LogP contribution in [0.15, 0.2) is 17.3 Å². The van der Waals surface area contributed by atoms with Crippen LogP contribution in [0.4, 0.5) is 0 Å². The third kappa shape index (κ3) is 1.66. The highest BCUT2D eigenvalue weighted by Gasteiger charge is 2.02. The lowest BCUT2D eigenvalue weighted by molar-refractivity contribution is 0.408. The minimum Gasteiger partial charge on any atom is -0.495 e. The Morgan fingerprint density at radius 3 is 2.73 bits per heavy atom. The lowest BCUT2D eigenvalue weighted by Crippen LogP contribution is -1.89. The lowest BCUT2D eigenvalue weighted by Gasteiger charge is -2.06. The highest BCUT2D eigenvalue weighted by atomic mass is 32.2. The van der Waals surface area contributed by atoms with Gasteiger partial charge in [0.1, 0.15) is 5.75 Å². The fourth-order valence-corrected chi connectivity index (χ4v) is 1.47. The van der Waals surface area contributed by atoms with Gasteiger partial charge in [-0.15, -0.1) is 11.8 Å². The second-order valence-corrected chi connectivity index (χ2v) is 3.02. The first kappa shape index (κ1) is 8.40. The van der Waals surface area contributed by atoms with Gasteiger partial charge in [-0.25, -0.2) is 0 Å². The number of ether oxygens (including phenoxy) is 1. The van der Waals surface area contributed by atoms with E-state index in [2.05, 4.69) is 4.98 Å². The molecule has 0 radical (unpaired) electrons. The average molecular weight is 169 g/mol. The number of nitrogens with zero attached hydrogens (tertiary/aromatic N) is 1. The molecule has 0 aliphatic heterocycles. The largest absolute Gasteiger partial charge is 0.495 e. The van der Waals surface area contributed by atoms with Crippen molar-refractivity contribution >= 4 is 11.8 Å². The Bertz CT molecular complexity index is 228. The van der Waals surface area contributed by atoms with Gasteiger partial charge in [0.05, 0.1) is 13.3 Å². The van der Waals surface area contributed by atoms with Crippen LogP contribution in [-0.2, 0) is 0 Å². The molecule has 0 unspecified atom stereocenters. The van der Waals surface area contributed by atoms with Gasteiger partial charge in [-0.05, 0) is 13.2 Å².